The van der Waals surface area contributed by atoms with Crippen LogP contribution >= 0.6 is 19.4 Å². The molecule has 0 aliphatic carbocycles. The second kappa shape index (κ2) is 8.28. The van der Waals surface area contributed by atoms with Crippen molar-refractivity contribution < 1.29 is 23.8 Å². The van der Waals surface area contributed by atoms with Crippen LogP contribution in [0.25, 0.3) is 0 Å². The van der Waals surface area contributed by atoms with Gasteiger partial charge >= 0.3 is 7.60 Å². The van der Waals surface area contributed by atoms with Crippen LogP contribution in [0.4, 0.5) is 0 Å². The minimum absolute atomic E-state index is 0.292. The van der Waals surface area contributed by atoms with Crippen molar-refractivity contribution in [1.82, 2.24) is 0 Å². The van der Waals surface area contributed by atoms with Crippen molar-refractivity contribution in [3.05, 3.63) is 52.6 Å². The molecular formula is C18H23O5PS. The van der Waals surface area contributed by atoms with Gasteiger partial charge in [-0.2, -0.15) is 0 Å². The van der Waals surface area contributed by atoms with Crippen LogP contribution < -0.4 is 4.74 Å². The summed E-state index contributed by atoms with van der Waals surface area (Å²) in [7, 11) is -2.51. The lowest BCUT2D eigenvalue weighted by molar-refractivity contribution is 0.268. The van der Waals surface area contributed by atoms with Gasteiger partial charge in [-0.1, -0.05) is 6.07 Å². The maximum Gasteiger partial charge on any atom is 0.364 e. The Hall–Kier alpha value is -1.46. The summed E-state index contributed by atoms with van der Waals surface area (Å²) >= 11 is 1.51. The molecular weight excluding hydrogens is 359 g/mol. The fraction of sp³-hybridized carbons (Fsp3) is 0.333. The number of hydrogen-bond donors (Lipinski definition) is 2. The first-order valence-electron chi connectivity index (χ1n) is 7.72. The highest BCUT2D eigenvalue weighted by Gasteiger charge is 2.18. The van der Waals surface area contributed by atoms with E-state index in [4.69, 9.17) is 4.74 Å². The predicted octanol–water partition coefficient (Wildman–Crippen LogP) is 4.49. The van der Waals surface area contributed by atoms with Crippen molar-refractivity contribution in [2.24, 2.45) is 0 Å². The van der Waals surface area contributed by atoms with Crippen molar-refractivity contribution in [1.29, 1.82) is 0 Å². The molecule has 0 aliphatic rings. The Bertz CT molecular complexity index is 783. The summed E-state index contributed by atoms with van der Waals surface area (Å²) in [6.07, 6.45) is 2.29. The van der Waals surface area contributed by atoms with Gasteiger partial charge in [0.05, 0.1) is 0 Å². The van der Waals surface area contributed by atoms with E-state index in [1.165, 1.54) is 24.4 Å². The van der Waals surface area contributed by atoms with E-state index in [9.17, 15) is 14.6 Å². The van der Waals surface area contributed by atoms with E-state index < -0.39 is 7.60 Å². The first-order valence-corrected chi connectivity index (χ1v) is 10.7. The summed E-state index contributed by atoms with van der Waals surface area (Å²) in [5.74, 6) is 0.834. The molecule has 0 amide bonds. The van der Waals surface area contributed by atoms with Crippen LogP contribution in [0.1, 0.15) is 22.3 Å². The summed E-state index contributed by atoms with van der Waals surface area (Å²) in [5, 5.41) is 9.80. The summed E-state index contributed by atoms with van der Waals surface area (Å²) in [6.45, 7) is 3.97. The highest BCUT2D eigenvalue weighted by molar-refractivity contribution is 7.98. The van der Waals surface area contributed by atoms with Gasteiger partial charge in [0.15, 0.2) is 6.35 Å². The molecule has 1 atom stereocenters. The first kappa shape index (κ1) is 19.9. The summed E-state index contributed by atoms with van der Waals surface area (Å²) in [5.41, 5.74) is 4.36. The highest BCUT2D eigenvalue weighted by Crippen LogP contribution is 2.41. The molecule has 0 saturated carbocycles. The minimum atomic E-state index is -3.70. The zero-order valence-corrected chi connectivity index (χ0v) is 16.5. The van der Waals surface area contributed by atoms with E-state index in [1.807, 2.05) is 44.4 Å². The van der Waals surface area contributed by atoms with E-state index >= 15 is 0 Å². The predicted molar refractivity (Wildman–Crippen MR) is 101 cm³/mol. The Balaban J connectivity index is 2.21. The second-order valence-electron chi connectivity index (χ2n) is 5.81. The van der Waals surface area contributed by atoms with Gasteiger partial charge in [0.1, 0.15) is 11.5 Å². The number of phenolic OH excluding ortho intramolecular Hbond substituents is 1. The maximum atomic E-state index is 11.5. The number of rotatable bonds is 7. The van der Waals surface area contributed by atoms with Crippen LogP contribution in [0.15, 0.2) is 35.2 Å². The lowest BCUT2D eigenvalue weighted by atomic mass is 9.96. The summed E-state index contributed by atoms with van der Waals surface area (Å²) in [4.78, 5) is 10.3. The molecule has 5 nitrogen and oxygen atoms in total. The van der Waals surface area contributed by atoms with Gasteiger partial charge in [-0.3, -0.25) is 4.57 Å². The van der Waals surface area contributed by atoms with Crippen LogP contribution in [-0.4, -0.2) is 29.7 Å². The molecule has 0 radical (unpaired) electrons. The average Bonchev–Trinajstić information content (AvgIpc) is 2.57. The van der Waals surface area contributed by atoms with Gasteiger partial charge in [0, 0.05) is 12.0 Å². The third-order valence-electron chi connectivity index (χ3n) is 3.97. The molecule has 0 fully saturated rings. The fourth-order valence-electron chi connectivity index (χ4n) is 2.56. The number of aromatic hydroxyl groups is 1. The van der Waals surface area contributed by atoms with Crippen LogP contribution in [0.3, 0.4) is 0 Å². The van der Waals surface area contributed by atoms with Crippen molar-refractivity contribution in [2.75, 3.05) is 19.7 Å². The van der Waals surface area contributed by atoms with Crippen molar-refractivity contribution in [2.45, 2.75) is 25.2 Å². The highest BCUT2D eigenvalue weighted by atomic mass is 32.2. The van der Waals surface area contributed by atoms with E-state index in [1.54, 1.807) is 6.07 Å². The Labute approximate surface area is 152 Å². The number of aryl methyl sites for hydroxylation is 2. The van der Waals surface area contributed by atoms with E-state index in [-0.39, 0.29) is 6.35 Å². The quantitative estimate of drug-likeness (QED) is 0.543. The zero-order chi connectivity index (χ0) is 18.6. The van der Waals surface area contributed by atoms with E-state index in [2.05, 4.69) is 4.52 Å². The number of benzene rings is 2. The van der Waals surface area contributed by atoms with Gasteiger partial charge in [-0.05, 0) is 73.0 Å². The molecule has 0 spiro atoms. The monoisotopic (exact) mass is 382 g/mol. The van der Waals surface area contributed by atoms with Crippen molar-refractivity contribution >= 4 is 19.4 Å². The third kappa shape index (κ3) is 5.25. The molecule has 2 aromatic rings. The van der Waals surface area contributed by atoms with Gasteiger partial charge in [-0.15, -0.1) is 11.8 Å². The lowest BCUT2D eigenvalue weighted by Crippen LogP contribution is -2.02. The molecule has 0 aliphatic heterocycles. The van der Waals surface area contributed by atoms with E-state index in [0.29, 0.717) is 11.5 Å². The van der Waals surface area contributed by atoms with Gasteiger partial charge in [-0.25, -0.2) is 0 Å². The summed E-state index contributed by atoms with van der Waals surface area (Å²) in [6, 6.07) is 9.33. The van der Waals surface area contributed by atoms with Crippen molar-refractivity contribution in [3.63, 3.8) is 0 Å². The SMILES string of the molecule is COP(=O)(O)COc1cc(C)c(Cc2ccc(O)c(SC)c2)c(C)c1. The average molecular weight is 382 g/mol. The number of phenols is 1. The molecule has 2 rings (SSSR count). The maximum absolute atomic E-state index is 11.5. The Morgan fingerprint density at radius 2 is 1.80 bits per heavy atom. The van der Waals surface area contributed by atoms with Crippen molar-refractivity contribution in [3.8, 4) is 11.5 Å². The Kier molecular flexibility index (Phi) is 6.58. The largest absolute Gasteiger partial charge is 0.507 e. The minimum Gasteiger partial charge on any atom is -0.507 e. The van der Waals surface area contributed by atoms with Gasteiger partial charge in [0.25, 0.3) is 0 Å². The molecule has 2 aromatic carbocycles. The second-order valence-corrected chi connectivity index (χ2v) is 8.56. The lowest BCUT2D eigenvalue weighted by Gasteiger charge is -2.15. The first-order chi connectivity index (χ1) is 11.8. The zero-order valence-electron chi connectivity index (χ0n) is 14.8. The number of ether oxygens (including phenoxy) is 1. The Morgan fingerprint density at radius 3 is 2.36 bits per heavy atom. The van der Waals surface area contributed by atoms with Crippen LogP contribution in [0, 0.1) is 13.8 Å². The fourth-order valence-corrected chi connectivity index (χ4v) is 3.52. The Morgan fingerprint density at radius 1 is 1.16 bits per heavy atom. The summed E-state index contributed by atoms with van der Waals surface area (Å²) < 4.78 is 21.4. The number of hydrogen-bond acceptors (Lipinski definition) is 5. The van der Waals surface area contributed by atoms with Gasteiger partial charge in [0.2, 0.25) is 0 Å². The normalized spacial score (nSPS) is 13.5. The molecule has 1 unspecified atom stereocenters. The van der Waals surface area contributed by atoms with E-state index in [0.717, 1.165) is 28.0 Å². The molecule has 0 bridgehead atoms. The molecule has 0 saturated heterocycles. The molecule has 25 heavy (non-hydrogen) atoms. The van der Waals surface area contributed by atoms with Crippen LogP contribution in [0.5, 0.6) is 11.5 Å². The number of thioether (sulfide) groups is 1. The molecule has 2 N–H and O–H groups in total. The molecule has 0 aromatic heterocycles. The van der Waals surface area contributed by atoms with Crippen LogP contribution in [-0.2, 0) is 15.5 Å². The smallest absolute Gasteiger partial charge is 0.364 e. The van der Waals surface area contributed by atoms with Gasteiger partial charge < -0.3 is 19.3 Å². The molecule has 7 heteroatoms. The standard InChI is InChI=1S/C18H23O5PS/c1-12-7-15(23-11-24(20,21)22-3)8-13(2)16(12)9-14-5-6-17(19)18(10-14)25-4/h5-8,10,19H,9,11H2,1-4H3,(H,20,21). The molecule has 136 valence electrons. The molecule has 0 heterocycles. The van der Waals surface area contributed by atoms with Crippen LogP contribution in [0.2, 0.25) is 0 Å². The topological polar surface area (TPSA) is 76.0 Å². The third-order valence-corrected chi connectivity index (χ3v) is 5.77.